The van der Waals surface area contributed by atoms with Crippen LogP contribution in [0.3, 0.4) is 0 Å². The third kappa shape index (κ3) is 2.52. The van der Waals surface area contributed by atoms with Gasteiger partial charge in [0.15, 0.2) is 0 Å². The average Bonchev–Trinajstić information content (AvgIpc) is 3.04. The maximum atomic E-state index is 12.3. The Labute approximate surface area is 112 Å². The van der Waals surface area contributed by atoms with Crippen LogP contribution in [0.1, 0.15) is 23.8 Å². The van der Waals surface area contributed by atoms with Crippen molar-refractivity contribution in [2.45, 2.75) is 18.9 Å². The molecule has 2 aromatic heterocycles. The smallest absolute Gasteiger partial charge is 0.226 e. The van der Waals surface area contributed by atoms with Crippen LogP contribution in [0.5, 0.6) is 0 Å². The van der Waals surface area contributed by atoms with Crippen molar-refractivity contribution in [3.05, 3.63) is 54.2 Å². The molecule has 2 heterocycles. The molecule has 19 heavy (non-hydrogen) atoms. The van der Waals surface area contributed by atoms with Crippen LogP contribution in [0.25, 0.3) is 0 Å². The minimum Gasteiger partial charge on any atom is -0.469 e. The molecule has 0 aliphatic heterocycles. The number of rotatable bonds is 4. The topological polar surface area (TPSA) is 46.3 Å². The summed E-state index contributed by atoms with van der Waals surface area (Å²) in [5, 5.41) is 0. The van der Waals surface area contributed by atoms with Crippen molar-refractivity contribution in [2.24, 2.45) is 5.92 Å². The molecule has 2 aromatic rings. The molecule has 98 valence electrons. The van der Waals surface area contributed by atoms with Gasteiger partial charge in [0.1, 0.15) is 5.76 Å². The number of carbonyl (C=O) groups excluding carboxylic acids is 1. The first-order chi connectivity index (χ1) is 9.25. The lowest BCUT2D eigenvalue weighted by Gasteiger charge is -2.16. The van der Waals surface area contributed by atoms with Crippen molar-refractivity contribution in [3.63, 3.8) is 0 Å². The van der Waals surface area contributed by atoms with Gasteiger partial charge in [-0.25, -0.2) is 0 Å². The highest BCUT2D eigenvalue weighted by atomic mass is 16.3. The fourth-order valence-corrected chi connectivity index (χ4v) is 2.38. The van der Waals surface area contributed by atoms with Gasteiger partial charge >= 0.3 is 0 Å². The minimum absolute atomic E-state index is 0.0693. The summed E-state index contributed by atoms with van der Waals surface area (Å²) in [5.41, 5.74) is 0.911. The first-order valence-electron chi connectivity index (χ1n) is 6.44. The first-order valence-corrected chi connectivity index (χ1v) is 6.44. The number of hydrogen-bond acceptors (Lipinski definition) is 3. The summed E-state index contributed by atoms with van der Waals surface area (Å²) in [4.78, 5) is 18.3. The Morgan fingerprint density at radius 1 is 1.42 bits per heavy atom. The summed E-state index contributed by atoms with van der Waals surface area (Å²) in [7, 11) is 1.83. The Balaban J connectivity index is 1.60. The summed E-state index contributed by atoms with van der Waals surface area (Å²) in [6, 6.07) is 9.55. The van der Waals surface area contributed by atoms with E-state index in [1.807, 2.05) is 37.4 Å². The van der Waals surface area contributed by atoms with Crippen molar-refractivity contribution in [1.82, 2.24) is 9.88 Å². The molecule has 1 fully saturated rings. The van der Waals surface area contributed by atoms with E-state index in [0.717, 1.165) is 17.9 Å². The van der Waals surface area contributed by atoms with E-state index < -0.39 is 0 Å². The third-order valence-corrected chi connectivity index (χ3v) is 3.52. The van der Waals surface area contributed by atoms with Crippen molar-refractivity contribution >= 4 is 5.91 Å². The number of carbonyl (C=O) groups is 1. The van der Waals surface area contributed by atoms with Crippen LogP contribution in [0.4, 0.5) is 0 Å². The predicted octanol–water partition coefficient (Wildman–Crippen LogP) is 2.44. The van der Waals surface area contributed by atoms with Gasteiger partial charge in [-0.1, -0.05) is 6.07 Å². The van der Waals surface area contributed by atoms with Crippen LogP contribution in [0.15, 0.2) is 47.2 Å². The fraction of sp³-hybridized carbons (Fsp3) is 0.333. The average molecular weight is 256 g/mol. The highest BCUT2D eigenvalue weighted by molar-refractivity contribution is 5.82. The van der Waals surface area contributed by atoms with Crippen molar-refractivity contribution in [3.8, 4) is 0 Å². The number of amides is 1. The maximum Gasteiger partial charge on any atom is 0.226 e. The molecule has 1 amide bonds. The van der Waals surface area contributed by atoms with E-state index in [1.54, 1.807) is 17.4 Å². The summed E-state index contributed by atoms with van der Waals surface area (Å²) in [6.45, 7) is 0.557. The second kappa shape index (κ2) is 4.88. The lowest BCUT2D eigenvalue weighted by Crippen LogP contribution is -2.28. The fourth-order valence-electron chi connectivity index (χ4n) is 2.38. The zero-order valence-electron chi connectivity index (χ0n) is 10.8. The number of aromatic nitrogens is 1. The standard InChI is InChI=1S/C15H16N2O2/c1-17(10-11-5-2-3-7-16-11)15(18)13-9-12(13)14-6-4-8-19-14/h2-8,12-13H,9-10H2,1H3/t12-,13-/m1/s1. The molecule has 2 atom stereocenters. The van der Waals surface area contributed by atoms with Crippen LogP contribution in [0, 0.1) is 5.92 Å². The molecule has 4 nitrogen and oxygen atoms in total. The Morgan fingerprint density at radius 3 is 3.00 bits per heavy atom. The van der Waals surface area contributed by atoms with Crippen molar-refractivity contribution in [1.29, 1.82) is 0 Å². The predicted molar refractivity (Wildman–Crippen MR) is 70.3 cm³/mol. The van der Waals surface area contributed by atoms with Gasteiger partial charge in [0.25, 0.3) is 0 Å². The highest BCUT2D eigenvalue weighted by Gasteiger charge is 2.46. The molecule has 0 saturated heterocycles. The monoisotopic (exact) mass is 256 g/mol. The molecule has 0 aromatic carbocycles. The number of furan rings is 1. The van der Waals surface area contributed by atoms with Gasteiger partial charge in [0, 0.05) is 25.1 Å². The summed E-state index contributed by atoms with van der Waals surface area (Å²) in [5.74, 6) is 1.42. The second-order valence-corrected chi connectivity index (χ2v) is 4.98. The maximum absolute atomic E-state index is 12.3. The molecule has 3 rings (SSSR count). The lowest BCUT2D eigenvalue weighted by atomic mass is 10.2. The normalized spacial score (nSPS) is 21.1. The van der Waals surface area contributed by atoms with Crippen LogP contribution in [0.2, 0.25) is 0 Å². The van der Waals surface area contributed by atoms with Gasteiger partial charge in [0.05, 0.1) is 18.5 Å². The van der Waals surface area contributed by atoms with Crippen molar-refractivity contribution < 1.29 is 9.21 Å². The second-order valence-electron chi connectivity index (χ2n) is 4.98. The van der Waals surface area contributed by atoms with E-state index in [1.165, 1.54) is 0 Å². The summed E-state index contributed by atoms with van der Waals surface area (Å²) < 4.78 is 5.35. The molecule has 0 unspecified atom stereocenters. The Bertz CT molecular complexity index is 551. The molecule has 1 aliphatic rings. The molecule has 4 heteroatoms. The Hall–Kier alpha value is -2.10. The first kappa shape index (κ1) is 12.0. The van der Waals surface area contributed by atoms with Crippen molar-refractivity contribution in [2.75, 3.05) is 7.05 Å². The molecular weight excluding hydrogens is 240 g/mol. The number of hydrogen-bond donors (Lipinski definition) is 0. The molecular formula is C15H16N2O2. The van der Waals surface area contributed by atoms with E-state index in [9.17, 15) is 4.79 Å². The number of pyridine rings is 1. The van der Waals surface area contributed by atoms with Gasteiger partial charge < -0.3 is 9.32 Å². The van der Waals surface area contributed by atoms with E-state index >= 15 is 0 Å². The molecule has 0 spiro atoms. The molecule has 0 bridgehead atoms. The van der Waals surface area contributed by atoms with Crippen LogP contribution < -0.4 is 0 Å². The molecule has 0 N–H and O–H groups in total. The van der Waals surface area contributed by atoms with Gasteiger partial charge in [0.2, 0.25) is 5.91 Å². The highest BCUT2D eigenvalue weighted by Crippen LogP contribution is 2.48. The quantitative estimate of drug-likeness (QED) is 0.844. The van der Waals surface area contributed by atoms with E-state index in [-0.39, 0.29) is 17.7 Å². The van der Waals surface area contributed by atoms with Crippen LogP contribution >= 0.6 is 0 Å². The zero-order valence-corrected chi connectivity index (χ0v) is 10.8. The Kier molecular flexibility index (Phi) is 3.07. The largest absolute Gasteiger partial charge is 0.469 e. The zero-order chi connectivity index (χ0) is 13.2. The summed E-state index contributed by atoms with van der Waals surface area (Å²) in [6.07, 6.45) is 4.29. The lowest BCUT2D eigenvalue weighted by molar-refractivity contribution is -0.132. The van der Waals surface area contributed by atoms with E-state index in [0.29, 0.717) is 6.54 Å². The summed E-state index contributed by atoms with van der Waals surface area (Å²) >= 11 is 0. The Morgan fingerprint density at radius 2 is 2.32 bits per heavy atom. The van der Waals surface area contributed by atoms with Gasteiger partial charge in [-0.2, -0.15) is 0 Å². The molecule has 1 saturated carbocycles. The molecule has 0 radical (unpaired) electrons. The van der Waals surface area contributed by atoms with E-state index in [2.05, 4.69) is 4.98 Å². The third-order valence-electron chi connectivity index (χ3n) is 3.52. The van der Waals surface area contributed by atoms with Gasteiger partial charge in [-0.15, -0.1) is 0 Å². The SMILES string of the molecule is CN(Cc1ccccn1)C(=O)[C@@H]1C[C@H]1c1ccco1. The van der Waals surface area contributed by atoms with E-state index in [4.69, 9.17) is 4.42 Å². The minimum atomic E-state index is 0.0693. The van der Waals surface area contributed by atoms with Gasteiger partial charge in [-0.05, 0) is 30.7 Å². The van der Waals surface area contributed by atoms with Gasteiger partial charge in [-0.3, -0.25) is 9.78 Å². The van der Waals surface area contributed by atoms with Crippen LogP contribution in [-0.2, 0) is 11.3 Å². The van der Waals surface area contributed by atoms with Crippen LogP contribution in [-0.4, -0.2) is 22.8 Å². The number of nitrogens with zero attached hydrogens (tertiary/aromatic N) is 2. The molecule has 1 aliphatic carbocycles.